The van der Waals surface area contributed by atoms with Gasteiger partial charge in [-0.1, -0.05) is 24.0 Å². The second kappa shape index (κ2) is 4.72. The normalized spacial score (nSPS) is 22.4. The van der Waals surface area contributed by atoms with Gasteiger partial charge in [-0.3, -0.25) is 4.79 Å². The molecule has 17 heavy (non-hydrogen) atoms. The Morgan fingerprint density at radius 3 is 3.00 bits per heavy atom. The Morgan fingerprint density at radius 2 is 2.41 bits per heavy atom. The van der Waals surface area contributed by atoms with Crippen molar-refractivity contribution in [2.24, 2.45) is 0 Å². The second-order valence-corrected chi connectivity index (χ2v) is 5.66. The van der Waals surface area contributed by atoms with Crippen LogP contribution in [-0.2, 0) is 0 Å². The Morgan fingerprint density at radius 1 is 1.71 bits per heavy atom. The van der Waals surface area contributed by atoms with E-state index in [1.54, 1.807) is 0 Å². The average Bonchev–Trinajstić information content (AvgIpc) is 2.58. The van der Waals surface area contributed by atoms with Crippen molar-refractivity contribution in [1.29, 1.82) is 0 Å². The third-order valence-corrected chi connectivity index (χ3v) is 3.98. The van der Waals surface area contributed by atoms with Crippen LogP contribution in [-0.4, -0.2) is 20.4 Å². The summed E-state index contributed by atoms with van der Waals surface area (Å²) in [5.41, 5.74) is 0.130. The first-order valence-electron chi connectivity index (χ1n) is 4.97. The van der Waals surface area contributed by atoms with Gasteiger partial charge in [0.05, 0.1) is 10.3 Å². The molecule has 6 heteroatoms. The summed E-state index contributed by atoms with van der Waals surface area (Å²) in [6, 6.07) is 0. The maximum absolute atomic E-state index is 13.3. The van der Waals surface area contributed by atoms with Gasteiger partial charge in [-0.2, -0.15) is 0 Å². The van der Waals surface area contributed by atoms with Crippen molar-refractivity contribution in [2.45, 2.75) is 19.4 Å². The molecule has 1 unspecified atom stereocenters. The highest BCUT2D eigenvalue weighted by molar-refractivity contribution is 8.26. The molecule has 2 heterocycles. The summed E-state index contributed by atoms with van der Waals surface area (Å²) in [5, 5.41) is 9.69. The lowest BCUT2D eigenvalue weighted by molar-refractivity contribution is 0.232. The molecule has 0 aromatic carbocycles. The lowest BCUT2D eigenvalue weighted by atomic mass is 10.1. The van der Waals surface area contributed by atoms with Gasteiger partial charge in [0.15, 0.2) is 0 Å². The van der Waals surface area contributed by atoms with Gasteiger partial charge in [0.25, 0.3) is 5.56 Å². The third kappa shape index (κ3) is 2.48. The molecule has 0 spiro atoms. The molecule has 1 fully saturated rings. The minimum absolute atomic E-state index is 0.233. The van der Waals surface area contributed by atoms with Crippen LogP contribution in [0.2, 0.25) is 0 Å². The van der Waals surface area contributed by atoms with Crippen LogP contribution in [0.15, 0.2) is 15.9 Å². The maximum Gasteiger partial charge on any atom is 0.255 e. The van der Waals surface area contributed by atoms with Crippen molar-refractivity contribution in [3.8, 4) is 0 Å². The van der Waals surface area contributed by atoms with Crippen molar-refractivity contribution in [3.05, 3.63) is 38.4 Å². The van der Waals surface area contributed by atoms with Crippen molar-refractivity contribution >= 4 is 34.3 Å². The van der Waals surface area contributed by atoms with E-state index in [4.69, 9.17) is 12.2 Å². The number of aliphatic hydroxyl groups is 1. The number of aromatic amines is 1. The number of thioether (sulfide) groups is 1. The standard InChI is InChI=1S/C11H10FNO2S2/c1-5-6(11(15)13-4-7(5)12)2-9-8(14)3-10(16)17-9/h2,4,8,14H,3H2,1H3,(H,13,15)/b9-2-. The van der Waals surface area contributed by atoms with Gasteiger partial charge < -0.3 is 10.1 Å². The Bertz CT molecular complexity index is 565. The fourth-order valence-corrected chi connectivity index (χ4v) is 2.90. The van der Waals surface area contributed by atoms with E-state index in [9.17, 15) is 14.3 Å². The van der Waals surface area contributed by atoms with Crippen LogP contribution in [0.3, 0.4) is 0 Å². The molecule has 0 radical (unpaired) electrons. The molecular formula is C11H10FNO2S2. The summed E-state index contributed by atoms with van der Waals surface area (Å²) < 4.78 is 14.0. The first-order valence-corrected chi connectivity index (χ1v) is 6.19. The van der Waals surface area contributed by atoms with Gasteiger partial charge in [0.1, 0.15) is 5.82 Å². The highest BCUT2D eigenvalue weighted by Gasteiger charge is 2.24. The number of hydrogen-bond acceptors (Lipinski definition) is 4. The first-order chi connectivity index (χ1) is 7.99. The van der Waals surface area contributed by atoms with Crippen LogP contribution >= 0.6 is 24.0 Å². The summed E-state index contributed by atoms with van der Waals surface area (Å²) in [4.78, 5) is 14.5. The van der Waals surface area contributed by atoms with E-state index in [2.05, 4.69) is 4.98 Å². The SMILES string of the molecule is Cc1c(F)c[nH]c(=O)c1/C=C1\SC(=S)CC1O. The van der Waals surface area contributed by atoms with E-state index in [0.717, 1.165) is 6.20 Å². The molecule has 1 atom stereocenters. The number of aliphatic hydroxyl groups excluding tert-OH is 1. The number of H-pyrrole nitrogens is 1. The van der Waals surface area contributed by atoms with Crippen molar-refractivity contribution < 1.29 is 9.50 Å². The molecule has 0 aliphatic carbocycles. The van der Waals surface area contributed by atoms with Crippen LogP contribution in [0.25, 0.3) is 6.08 Å². The average molecular weight is 271 g/mol. The minimum atomic E-state index is -0.686. The first kappa shape index (κ1) is 12.5. The molecule has 90 valence electrons. The smallest absolute Gasteiger partial charge is 0.255 e. The van der Waals surface area contributed by atoms with E-state index in [1.807, 2.05) is 0 Å². The van der Waals surface area contributed by atoms with Crippen LogP contribution in [0.1, 0.15) is 17.5 Å². The number of nitrogens with one attached hydrogen (secondary N) is 1. The Labute approximate surface area is 107 Å². The number of hydrogen-bond donors (Lipinski definition) is 2. The lowest BCUT2D eigenvalue weighted by Crippen LogP contribution is -2.13. The number of pyridine rings is 1. The molecule has 3 nitrogen and oxygen atoms in total. The van der Waals surface area contributed by atoms with E-state index in [-0.39, 0.29) is 16.7 Å². The quantitative estimate of drug-likeness (QED) is 0.767. The zero-order chi connectivity index (χ0) is 12.6. The van der Waals surface area contributed by atoms with Crippen molar-refractivity contribution in [2.75, 3.05) is 0 Å². The number of halogens is 1. The van der Waals surface area contributed by atoms with E-state index >= 15 is 0 Å². The molecule has 1 aliphatic rings. The minimum Gasteiger partial charge on any atom is -0.387 e. The molecule has 1 aromatic rings. The van der Waals surface area contributed by atoms with Crippen molar-refractivity contribution in [3.63, 3.8) is 0 Å². The Balaban J connectivity index is 2.49. The van der Waals surface area contributed by atoms with Crippen LogP contribution in [0, 0.1) is 12.7 Å². The lowest BCUT2D eigenvalue weighted by Gasteiger charge is -2.04. The van der Waals surface area contributed by atoms with E-state index in [1.165, 1.54) is 24.8 Å². The van der Waals surface area contributed by atoms with Crippen LogP contribution < -0.4 is 5.56 Å². The van der Waals surface area contributed by atoms with Gasteiger partial charge in [-0.05, 0) is 18.6 Å². The van der Waals surface area contributed by atoms with E-state index in [0.29, 0.717) is 15.5 Å². The van der Waals surface area contributed by atoms with Gasteiger partial charge in [0, 0.05) is 23.1 Å². The molecule has 0 amide bonds. The highest BCUT2D eigenvalue weighted by Crippen LogP contribution is 2.34. The molecule has 1 saturated heterocycles. The third-order valence-electron chi connectivity index (χ3n) is 2.54. The summed E-state index contributed by atoms with van der Waals surface area (Å²) in [6.07, 6.45) is 2.25. The van der Waals surface area contributed by atoms with Crippen LogP contribution in [0.4, 0.5) is 4.39 Å². The molecule has 1 aliphatic heterocycles. The summed E-state index contributed by atoms with van der Waals surface area (Å²) >= 11 is 6.24. The molecule has 2 N–H and O–H groups in total. The summed E-state index contributed by atoms with van der Waals surface area (Å²) in [6.45, 7) is 1.53. The van der Waals surface area contributed by atoms with E-state index < -0.39 is 11.9 Å². The monoisotopic (exact) mass is 271 g/mol. The largest absolute Gasteiger partial charge is 0.387 e. The highest BCUT2D eigenvalue weighted by atomic mass is 32.2. The number of rotatable bonds is 1. The molecule has 0 saturated carbocycles. The van der Waals surface area contributed by atoms with Gasteiger partial charge in [-0.15, -0.1) is 0 Å². The molecule has 0 bridgehead atoms. The maximum atomic E-state index is 13.3. The van der Waals surface area contributed by atoms with Gasteiger partial charge in [-0.25, -0.2) is 4.39 Å². The predicted octanol–water partition coefficient (Wildman–Crippen LogP) is 1.99. The number of aromatic nitrogens is 1. The zero-order valence-corrected chi connectivity index (χ0v) is 10.6. The van der Waals surface area contributed by atoms with Gasteiger partial charge in [0.2, 0.25) is 0 Å². The molecule has 1 aromatic heterocycles. The Hall–Kier alpha value is -0.980. The molecule has 2 rings (SSSR count). The summed E-state index contributed by atoms with van der Waals surface area (Å²) in [5.74, 6) is -0.475. The second-order valence-electron chi connectivity index (χ2n) is 3.75. The molecular weight excluding hydrogens is 261 g/mol. The van der Waals surface area contributed by atoms with Crippen molar-refractivity contribution in [1.82, 2.24) is 4.98 Å². The predicted molar refractivity (Wildman–Crippen MR) is 70.5 cm³/mol. The topological polar surface area (TPSA) is 53.1 Å². The number of thiocarbonyl (C=S) groups is 1. The zero-order valence-electron chi connectivity index (χ0n) is 8.99. The summed E-state index contributed by atoms with van der Waals surface area (Å²) in [7, 11) is 0. The Kier molecular flexibility index (Phi) is 3.46. The fraction of sp³-hybridized carbons (Fsp3) is 0.273. The van der Waals surface area contributed by atoms with Gasteiger partial charge >= 0.3 is 0 Å². The fourth-order valence-electron chi connectivity index (χ4n) is 1.56. The van der Waals surface area contributed by atoms with Crippen LogP contribution in [0.5, 0.6) is 0 Å².